The fourth-order valence-corrected chi connectivity index (χ4v) is 3.62. The number of amides is 1. The molecule has 1 aromatic heterocycles. The van der Waals surface area contributed by atoms with Crippen LogP contribution in [0.3, 0.4) is 0 Å². The Kier molecular flexibility index (Phi) is 5.18. The highest BCUT2D eigenvalue weighted by molar-refractivity contribution is 6.34. The maximum Gasteiger partial charge on any atom is 0.250 e. The SMILES string of the molecule is NC(=O)c1ccc(-c2ccc(N)c(NCC3=CC4C=CC=NC4C=C3)n2)cc1Cl. The third kappa shape index (κ3) is 4.07. The van der Waals surface area contributed by atoms with Crippen LogP contribution in [-0.4, -0.2) is 29.7 Å². The fourth-order valence-electron chi connectivity index (χ4n) is 3.35. The van der Waals surface area contributed by atoms with Gasteiger partial charge in [-0.25, -0.2) is 4.98 Å². The lowest BCUT2D eigenvalue weighted by Gasteiger charge is -2.22. The minimum Gasteiger partial charge on any atom is -0.396 e. The highest BCUT2D eigenvalue weighted by atomic mass is 35.5. The van der Waals surface area contributed by atoms with Crippen LogP contribution in [0.15, 0.2) is 71.3 Å². The lowest BCUT2D eigenvalue weighted by atomic mass is 9.90. The van der Waals surface area contributed by atoms with Crippen molar-refractivity contribution in [2.45, 2.75) is 6.04 Å². The molecule has 2 aliphatic rings. The monoisotopic (exact) mass is 405 g/mol. The van der Waals surface area contributed by atoms with Crippen molar-refractivity contribution in [3.63, 3.8) is 0 Å². The number of dihydropyridines is 1. The fraction of sp³-hybridized carbons (Fsp3) is 0.136. The Balaban J connectivity index is 1.52. The number of carbonyl (C=O) groups excluding carboxylic acids is 1. The number of allylic oxidation sites excluding steroid dienone is 1. The van der Waals surface area contributed by atoms with Gasteiger partial charge in [0.2, 0.25) is 5.91 Å². The summed E-state index contributed by atoms with van der Waals surface area (Å²) in [5, 5.41) is 3.60. The van der Waals surface area contributed by atoms with Gasteiger partial charge < -0.3 is 16.8 Å². The van der Waals surface area contributed by atoms with E-state index in [1.54, 1.807) is 24.3 Å². The van der Waals surface area contributed by atoms with E-state index in [0.29, 0.717) is 28.8 Å². The molecule has 1 aromatic carbocycles. The number of aliphatic imine (C=N–C) groups is 1. The van der Waals surface area contributed by atoms with E-state index in [0.717, 1.165) is 11.1 Å². The summed E-state index contributed by atoms with van der Waals surface area (Å²) in [4.78, 5) is 20.4. The molecule has 2 heterocycles. The van der Waals surface area contributed by atoms with Gasteiger partial charge in [-0.05, 0) is 35.9 Å². The summed E-state index contributed by atoms with van der Waals surface area (Å²) in [6.45, 7) is 0.597. The lowest BCUT2D eigenvalue weighted by Crippen LogP contribution is -2.20. The Hall–Kier alpha value is -3.38. The van der Waals surface area contributed by atoms with E-state index in [2.05, 4.69) is 39.6 Å². The lowest BCUT2D eigenvalue weighted by molar-refractivity contribution is 0.100. The first kappa shape index (κ1) is 19.0. The van der Waals surface area contributed by atoms with E-state index in [4.69, 9.17) is 23.1 Å². The number of carbonyl (C=O) groups is 1. The third-order valence-electron chi connectivity index (χ3n) is 4.90. The van der Waals surface area contributed by atoms with Crippen molar-refractivity contribution in [3.8, 4) is 11.3 Å². The van der Waals surface area contributed by atoms with Crippen molar-refractivity contribution >= 4 is 35.2 Å². The minimum absolute atomic E-state index is 0.184. The second kappa shape index (κ2) is 7.93. The van der Waals surface area contributed by atoms with Crippen LogP contribution in [0.4, 0.5) is 11.5 Å². The molecule has 4 rings (SSSR count). The summed E-state index contributed by atoms with van der Waals surface area (Å²) in [6, 6.07) is 8.82. The second-order valence-corrected chi connectivity index (χ2v) is 7.31. The zero-order chi connectivity index (χ0) is 20.4. The zero-order valence-electron chi connectivity index (χ0n) is 15.5. The molecule has 7 heteroatoms. The average molecular weight is 406 g/mol. The number of nitrogen functional groups attached to an aromatic ring is 1. The van der Waals surface area contributed by atoms with Gasteiger partial charge in [0.15, 0.2) is 0 Å². The molecule has 0 bridgehead atoms. The smallest absolute Gasteiger partial charge is 0.250 e. The van der Waals surface area contributed by atoms with Crippen LogP contribution in [0.1, 0.15) is 10.4 Å². The van der Waals surface area contributed by atoms with Crippen molar-refractivity contribution in [3.05, 3.63) is 76.9 Å². The summed E-state index contributed by atoms with van der Waals surface area (Å²) in [7, 11) is 0. The van der Waals surface area contributed by atoms with Crippen LogP contribution >= 0.6 is 11.6 Å². The molecule has 2 atom stereocenters. The minimum atomic E-state index is -0.566. The summed E-state index contributed by atoms with van der Waals surface area (Å²) in [6.07, 6.45) is 12.3. The molecule has 2 unspecified atom stereocenters. The molecular formula is C22H20ClN5O. The summed E-state index contributed by atoms with van der Waals surface area (Å²) in [5.74, 6) is 0.305. The van der Waals surface area contributed by atoms with E-state index < -0.39 is 5.91 Å². The summed E-state index contributed by atoms with van der Waals surface area (Å²) >= 11 is 6.16. The molecule has 0 spiro atoms. The standard InChI is InChI=1S/C22H20ClN5O/c23-17-11-15(4-5-16(17)21(25)29)20-8-6-18(24)22(28-20)27-12-13-3-7-19-14(10-13)2-1-9-26-19/h1-11,14,19H,12,24H2,(H2,25,29)(H,27,28). The Labute approximate surface area is 173 Å². The number of halogens is 1. The Morgan fingerprint density at radius 1 is 1.21 bits per heavy atom. The number of rotatable bonds is 5. The normalized spacial score (nSPS) is 19.6. The largest absolute Gasteiger partial charge is 0.396 e. The van der Waals surface area contributed by atoms with Crippen LogP contribution < -0.4 is 16.8 Å². The van der Waals surface area contributed by atoms with Gasteiger partial charge in [0.05, 0.1) is 28.0 Å². The van der Waals surface area contributed by atoms with Gasteiger partial charge in [-0.2, -0.15) is 0 Å². The number of pyridine rings is 1. The molecule has 6 nitrogen and oxygen atoms in total. The number of nitrogens with one attached hydrogen (secondary N) is 1. The summed E-state index contributed by atoms with van der Waals surface area (Å²) < 4.78 is 0. The van der Waals surface area contributed by atoms with E-state index in [9.17, 15) is 4.79 Å². The van der Waals surface area contributed by atoms with Gasteiger partial charge in [-0.3, -0.25) is 9.79 Å². The number of nitrogens with two attached hydrogens (primary N) is 2. The first-order valence-electron chi connectivity index (χ1n) is 9.20. The molecular weight excluding hydrogens is 386 g/mol. The van der Waals surface area contributed by atoms with Crippen molar-refractivity contribution in [1.82, 2.24) is 4.98 Å². The molecule has 1 aliphatic carbocycles. The zero-order valence-corrected chi connectivity index (χ0v) is 16.3. The molecule has 5 N–H and O–H groups in total. The predicted octanol–water partition coefficient (Wildman–Crippen LogP) is 3.62. The highest BCUT2D eigenvalue weighted by Gasteiger charge is 2.19. The number of hydrogen-bond donors (Lipinski definition) is 3. The summed E-state index contributed by atoms with van der Waals surface area (Å²) in [5.41, 5.74) is 14.9. The van der Waals surface area contributed by atoms with Crippen LogP contribution in [0.2, 0.25) is 5.02 Å². The van der Waals surface area contributed by atoms with Gasteiger partial charge in [0, 0.05) is 24.2 Å². The third-order valence-corrected chi connectivity index (χ3v) is 5.22. The topological polar surface area (TPSA) is 106 Å². The van der Waals surface area contributed by atoms with Crippen molar-refractivity contribution in [2.75, 3.05) is 17.6 Å². The number of hydrogen-bond acceptors (Lipinski definition) is 5. The molecule has 0 saturated carbocycles. The van der Waals surface area contributed by atoms with E-state index in [1.165, 1.54) is 0 Å². The number of nitrogens with zero attached hydrogens (tertiary/aromatic N) is 2. The number of aromatic nitrogens is 1. The first-order valence-corrected chi connectivity index (χ1v) is 9.58. The molecule has 0 fully saturated rings. The van der Waals surface area contributed by atoms with Crippen molar-refractivity contribution in [2.24, 2.45) is 16.6 Å². The van der Waals surface area contributed by atoms with Gasteiger partial charge in [-0.1, -0.05) is 42.0 Å². The molecule has 2 aromatic rings. The molecule has 1 amide bonds. The van der Waals surface area contributed by atoms with Gasteiger partial charge >= 0.3 is 0 Å². The van der Waals surface area contributed by atoms with Crippen LogP contribution in [0.25, 0.3) is 11.3 Å². The molecule has 0 radical (unpaired) electrons. The molecule has 29 heavy (non-hydrogen) atoms. The van der Waals surface area contributed by atoms with Crippen molar-refractivity contribution in [1.29, 1.82) is 0 Å². The van der Waals surface area contributed by atoms with Gasteiger partial charge in [0.1, 0.15) is 5.82 Å². The van der Waals surface area contributed by atoms with Crippen LogP contribution in [0.5, 0.6) is 0 Å². The number of fused-ring (bicyclic) bond motifs is 1. The Bertz CT molecular complexity index is 1090. The maximum absolute atomic E-state index is 11.4. The van der Waals surface area contributed by atoms with E-state index in [1.807, 2.05) is 18.4 Å². The molecule has 146 valence electrons. The predicted molar refractivity (Wildman–Crippen MR) is 118 cm³/mol. The van der Waals surface area contributed by atoms with E-state index in [-0.39, 0.29) is 17.5 Å². The van der Waals surface area contributed by atoms with Crippen LogP contribution in [-0.2, 0) is 0 Å². The van der Waals surface area contributed by atoms with Crippen molar-refractivity contribution < 1.29 is 4.79 Å². The Morgan fingerprint density at radius 2 is 2.07 bits per heavy atom. The van der Waals surface area contributed by atoms with E-state index >= 15 is 0 Å². The quantitative estimate of drug-likeness (QED) is 0.706. The average Bonchev–Trinajstić information content (AvgIpc) is 2.72. The van der Waals surface area contributed by atoms with Crippen LogP contribution in [0, 0.1) is 5.92 Å². The van der Waals surface area contributed by atoms with Gasteiger partial charge in [0.25, 0.3) is 0 Å². The number of benzene rings is 1. The van der Waals surface area contributed by atoms with Gasteiger partial charge in [-0.15, -0.1) is 0 Å². The molecule has 1 aliphatic heterocycles. The number of anilines is 2. The Morgan fingerprint density at radius 3 is 2.86 bits per heavy atom. The molecule has 0 saturated heterocycles. The number of primary amides is 1. The first-order chi connectivity index (χ1) is 14.0. The maximum atomic E-state index is 11.4. The second-order valence-electron chi connectivity index (χ2n) is 6.90. The highest BCUT2D eigenvalue weighted by Crippen LogP contribution is 2.28.